The molecule has 0 saturated carbocycles. The van der Waals surface area contributed by atoms with Gasteiger partial charge in [-0.15, -0.1) is 0 Å². The fourth-order valence-electron chi connectivity index (χ4n) is 1.94. The second-order valence-corrected chi connectivity index (χ2v) is 5.30. The van der Waals surface area contributed by atoms with Crippen LogP contribution in [0.3, 0.4) is 0 Å². The number of carbonyl (C=O) groups excluding carboxylic acids is 2. The van der Waals surface area contributed by atoms with Gasteiger partial charge in [-0.05, 0) is 59.1 Å². The van der Waals surface area contributed by atoms with E-state index in [1.165, 1.54) is 23.3 Å². The van der Waals surface area contributed by atoms with Crippen LogP contribution in [0.4, 0.5) is 0 Å². The lowest BCUT2D eigenvalue weighted by atomic mass is 9.94. The molecule has 0 atom stereocenters. The normalized spacial score (nSPS) is 16.1. The van der Waals surface area contributed by atoms with E-state index in [1.807, 2.05) is 0 Å². The standard InChI is InChI=1S/C17H22O2/c1-12(2)6-5-7-13(3)8-9-15-11-16(18)10-14(4)17(15)19/h6,8,10-11H,5,7,9H2,1-4H3/b13-8-. The summed E-state index contributed by atoms with van der Waals surface area (Å²) in [7, 11) is 0. The highest BCUT2D eigenvalue weighted by Crippen LogP contribution is 2.18. The van der Waals surface area contributed by atoms with E-state index in [1.54, 1.807) is 6.92 Å². The van der Waals surface area contributed by atoms with E-state index in [0.717, 1.165) is 12.8 Å². The van der Waals surface area contributed by atoms with Gasteiger partial charge in [0.2, 0.25) is 0 Å². The molecule has 102 valence electrons. The van der Waals surface area contributed by atoms with E-state index < -0.39 is 0 Å². The fraction of sp³-hybridized carbons (Fsp3) is 0.412. The summed E-state index contributed by atoms with van der Waals surface area (Å²) in [6.07, 6.45) is 9.68. The molecule has 0 heterocycles. The quantitative estimate of drug-likeness (QED) is 0.549. The van der Waals surface area contributed by atoms with Crippen LogP contribution in [0.25, 0.3) is 0 Å². The Labute approximate surface area is 115 Å². The number of hydrogen-bond acceptors (Lipinski definition) is 2. The average Bonchev–Trinajstić information content (AvgIpc) is 2.31. The highest BCUT2D eigenvalue weighted by molar-refractivity contribution is 6.20. The first-order chi connectivity index (χ1) is 8.90. The molecule has 0 bridgehead atoms. The highest BCUT2D eigenvalue weighted by atomic mass is 16.1. The lowest BCUT2D eigenvalue weighted by molar-refractivity contribution is -0.115. The number of allylic oxidation sites excluding steroid dienone is 8. The van der Waals surface area contributed by atoms with Gasteiger partial charge in [0, 0.05) is 11.1 Å². The van der Waals surface area contributed by atoms with Crippen molar-refractivity contribution >= 4 is 11.6 Å². The predicted octanol–water partition coefficient (Wildman–Crippen LogP) is 4.09. The lowest BCUT2D eigenvalue weighted by Crippen LogP contribution is -2.12. The monoisotopic (exact) mass is 258 g/mol. The summed E-state index contributed by atoms with van der Waals surface area (Å²) in [5, 5.41) is 0. The first kappa shape index (κ1) is 15.4. The molecule has 1 rings (SSSR count). The van der Waals surface area contributed by atoms with Gasteiger partial charge < -0.3 is 0 Å². The zero-order valence-electron chi connectivity index (χ0n) is 12.2. The largest absolute Gasteiger partial charge is 0.290 e. The maximum absolute atomic E-state index is 11.9. The molecule has 0 N–H and O–H groups in total. The Morgan fingerprint density at radius 3 is 2.42 bits per heavy atom. The van der Waals surface area contributed by atoms with Crippen molar-refractivity contribution in [2.24, 2.45) is 0 Å². The van der Waals surface area contributed by atoms with Crippen molar-refractivity contribution in [3.05, 3.63) is 46.6 Å². The Morgan fingerprint density at radius 2 is 1.79 bits per heavy atom. The minimum absolute atomic E-state index is 0.00653. The van der Waals surface area contributed by atoms with Gasteiger partial charge >= 0.3 is 0 Å². The van der Waals surface area contributed by atoms with E-state index in [4.69, 9.17) is 0 Å². The van der Waals surface area contributed by atoms with Gasteiger partial charge in [-0.2, -0.15) is 0 Å². The molecular formula is C17H22O2. The molecule has 1 aliphatic rings. The van der Waals surface area contributed by atoms with Crippen LogP contribution in [0.2, 0.25) is 0 Å². The van der Waals surface area contributed by atoms with Crippen LogP contribution in [0.1, 0.15) is 47.0 Å². The average molecular weight is 258 g/mol. The fourth-order valence-corrected chi connectivity index (χ4v) is 1.94. The molecule has 0 spiro atoms. The topological polar surface area (TPSA) is 34.1 Å². The first-order valence-electron chi connectivity index (χ1n) is 6.66. The van der Waals surface area contributed by atoms with Crippen molar-refractivity contribution in [1.29, 1.82) is 0 Å². The molecule has 0 aliphatic heterocycles. The van der Waals surface area contributed by atoms with Crippen LogP contribution >= 0.6 is 0 Å². The summed E-state index contributed by atoms with van der Waals surface area (Å²) in [6.45, 7) is 7.94. The number of carbonyl (C=O) groups is 2. The Bertz CT molecular complexity index is 495. The molecule has 0 saturated heterocycles. The van der Waals surface area contributed by atoms with E-state index in [0.29, 0.717) is 17.6 Å². The molecule has 0 radical (unpaired) electrons. The van der Waals surface area contributed by atoms with Gasteiger partial charge in [-0.3, -0.25) is 9.59 Å². The molecule has 1 aliphatic carbocycles. The zero-order valence-corrected chi connectivity index (χ0v) is 12.2. The van der Waals surface area contributed by atoms with Gasteiger partial charge in [0.25, 0.3) is 0 Å². The molecule has 2 heteroatoms. The Hall–Kier alpha value is -1.70. The Balaban J connectivity index is 2.58. The third-order valence-corrected chi connectivity index (χ3v) is 3.09. The molecule has 0 aromatic heterocycles. The maximum atomic E-state index is 11.9. The van der Waals surface area contributed by atoms with Crippen molar-refractivity contribution in [1.82, 2.24) is 0 Å². The van der Waals surface area contributed by atoms with Crippen LogP contribution in [0, 0.1) is 0 Å². The van der Waals surface area contributed by atoms with Crippen LogP contribution in [0.15, 0.2) is 46.6 Å². The maximum Gasteiger partial charge on any atom is 0.185 e. The lowest BCUT2D eigenvalue weighted by Gasteiger charge is -2.09. The molecule has 2 nitrogen and oxygen atoms in total. The van der Waals surface area contributed by atoms with E-state index >= 15 is 0 Å². The summed E-state index contributed by atoms with van der Waals surface area (Å²) in [4.78, 5) is 23.2. The molecule has 0 amide bonds. The van der Waals surface area contributed by atoms with Gasteiger partial charge in [-0.1, -0.05) is 23.3 Å². The minimum Gasteiger partial charge on any atom is -0.290 e. The van der Waals surface area contributed by atoms with Crippen LogP contribution in [-0.2, 0) is 9.59 Å². The van der Waals surface area contributed by atoms with Crippen molar-refractivity contribution in [2.45, 2.75) is 47.0 Å². The molecule has 19 heavy (non-hydrogen) atoms. The zero-order chi connectivity index (χ0) is 14.4. The van der Waals surface area contributed by atoms with Gasteiger partial charge in [-0.25, -0.2) is 0 Å². The summed E-state index contributed by atoms with van der Waals surface area (Å²) < 4.78 is 0. The van der Waals surface area contributed by atoms with Gasteiger partial charge in [0.1, 0.15) is 0 Å². The van der Waals surface area contributed by atoms with E-state index in [2.05, 4.69) is 32.9 Å². The van der Waals surface area contributed by atoms with Crippen molar-refractivity contribution in [2.75, 3.05) is 0 Å². The van der Waals surface area contributed by atoms with Crippen molar-refractivity contribution < 1.29 is 9.59 Å². The van der Waals surface area contributed by atoms with Gasteiger partial charge in [0.05, 0.1) is 0 Å². The van der Waals surface area contributed by atoms with E-state index in [-0.39, 0.29) is 11.6 Å². The molecular weight excluding hydrogens is 236 g/mol. The predicted molar refractivity (Wildman–Crippen MR) is 78.9 cm³/mol. The smallest absolute Gasteiger partial charge is 0.185 e. The second kappa shape index (κ2) is 7.03. The third-order valence-electron chi connectivity index (χ3n) is 3.09. The van der Waals surface area contributed by atoms with Gasteiger partial charge in [0.15, 0.2) is 11.6 Å². The number of Topliss-reactive ketones (excluding diaryl/α,β-unsaturated/α-hetero) is 1. The molecule has 0 unspecified atom stereocenters. The summed E-state index contributed by atoms with van der Waals surface area (Å²) >= 11 is 0. The van der Waals surface area contributed by atoms with E-state index in [9.17, 15) is 9.59 Å². The third kappa shape index (κ3) is 5.21. The van der Waals surface area contributed by atoms with Crippen LogP contribution in [-0.4, -0.2) is 11.6 Å². The molecule has 0 aromatic rings. The summed E-state index contributed by atoms with van der Waals surface area (Å²) in [5.74, 6) is -0.0874. The first-order valence-corrected chi connectivity index (χ1v) is 6.66. The number of ketones is 2. The second-order valence-electron chi connectivity index (χ2n) is 5.30. The Morgan fingerprint density at radius 1 is 1.11 bits per heavy atom. The minimum atomic E-state index is -0.0808. The van der Waals surface area contributed by atoms with Crippen molar-refractivity contribution in [3.8, 4) is 0 Å². The molecule has 0 fully saturated rings. The summed E-state index contributed by atoms with van der Waals surface area (Å²) in [5.41, 5.74) is 3.72. The number of rotatable bonds is 5. The Kier molecular flexibility index (Phi) is 5.68. The van der Waals surface area contributed by atoms with Crippen molar-refractivity contribution in [3.63, 3.8) is 0 Å². The SMILES string of the molecule is CC(C)=CCC/C(C)=C\CC1=CC(=O)C=C(C)C1=O. The summed E-state index contributed by atoms with van der Waals surface area (Å²) in [6, 6.07) is 0. The number of hydrogen-bond donors (Lipinski definition) is 0. The van der Waals surface area contributed by atoms with Crippen LogP contribution in [0.5, 0.6) is 0 Å². The van der Waals surface area contributed by atoms with Crippen LogP contribution < -0.4 is 0 Å². The highest BCUT2D eigenvalue weighted by Gasteiger charge is 2.17. The molecule has 0 aromatic carbocycles.